The highest BCUT2D eigenvalue weighted by Gasteiger charge is 2.61. The van der Waals surface area contributed by atoms with Crippen molar-refractivity contribution in [1.29, 1.82) is 0 Å². The quantitative estimate of drug-likeness (QED) is 0.848. The van der Waals surface area contributed by atoms with Crippen molar-refractivity contribution >= 4 is 29.3 Å². The van der Waals surface area contributed by atoms with Crippen molar-refractivity contribution in [2.24, 2.45) is 23.7 Å². The van der Waals surface area contributed by atoms with Crippen LogP contribution in [0.2, 0.25) is 5.02 Å². The molecule has 3 aliphatic rings. The summed E-state index contributed by atoms with van der Waals surface area (Å²) < 4.78 is 0. The number of fused-ring (bicyclic) bond motifs is 5. The average molecular weight is 319 g/mol. The van der Waals surface area contributed by atoms with E-state index in [0.29, 0.717) is 22.4 Å². The van der Waals surface area contributed by atoms with Gasteiger partial charge in [-0.3, -0.25) is 19.8 Å². The van der Waals surface area contributed by atoms with Crippen LogP contribution in [0, 0.1) is 23.7 Å². The lowest BCUT2D eigenvalue weighted by atomic mass is 9.81. The van der Waals surface area contributed by atoms with Gasteiger partial charge in [0.15, 0.2) is 0 Å². The molecule has 1 saturated heterocycles. The van der Waals surface area contributed by atoms with Gasteiger partial charge in [-0.2, -0.15) is 5.01 Å². The molecule has 1 N–H and O–H groups in total. The summed E-state index contributed by atoms with van der Waals surface area (Å²) in [5.41, 5.74) is 2.83. The number of carbonyl (C=O) groups excluding carboxylic acids is 3. The molecule has 0 aromatic heterocycles. The Balaban J connectivity index is 1.54. The van der Waals surface area contributed by atoms with E-state index in [9.17, 15) is 14.4 Å². The number of hydrogen-bond donors (Lipinski definition) is 1. The highest BCUT2D eigenvalue weighted by Crippen LogP contribution is 2.55. The highest BCUT2D eigenvalue weighted by atomic mass is 35.5. The molecule has 0 unspecified atom stereocenters. The van der Waals surface area contributed by atoms with Crippen LogP contribution in [-0.2, 0) is 9.59 Å². The van der Waals surface area contributed by atoms with Gasteiger partial charge in [-0.15, -0.1) is 0 Å². The number of hydrogen-bond acceptors (Lipinski definition) is 3. The molecule has 0 spiro atoms. The van der Waals surface area contributed by atoms with E-state index in [1.54, 1.807) is 24.3 Å². The Morgan fingerprint density at radius 3 is 2.14 bits per heavy atom. The van der Waals surface area contributed by atoms with Crippen LogP contribution >= 0.6 is 11.6 Å². The van der Waals surface area contributed by atoms with E-state index in [1.165, 1.54) is 0 Å². The van der Waals surface area contributed by atoms with Gasteiger partial charge in [-0.1, -0.05) is 11.6 Å². The molecule has 5 nitrogen and oxygen atoms in total. The second-order valence-corrected chi connectivity index (χ2v) is 6.78. The molecule has 4 atom stereocenters. The van der Waals surface area contributed by atoms with Crippen molar-refractivity contribution < 1.29 is 14.4 Å². The number of rotatable bonds is 2. The van der Waals surface area contributed by atoms with Crippen molar-refractivity contribution in [2.75, 3.05) is 0 Å². The van der Waals surface area contributed by atoms with E-state index in [1.807, 2.05) is 0 Å². The van der Waals surface area contributed by atoms with Crippen LogP contribution in [0.25, 0.3) is 0 Å². The van der Waals surface area contributed by atoms with Gasteiger partial charge in [-0.25, -0.2) is 0 Å². The Labute approximate surface area is 132 Å². The lowest BCUT2D eigenvalue weighted by Gasteiger charge is -2.19. The third kappa shape index (κ3) is 1.88. The van der Waals surface area contributed by atoms with Gasteiger partial charge in [0.2, 0.25) is 0 Å². The van der Waals surface area contributed by atoms with Crippen LogP contribution in [-0.4, -0.2) is 22.7 Å². The molecular formula is C16H15ClN2O3. The normalized spacial score (nSPS) is 32.5. The Bertz CT molecular complexity index is 644. The number of nitrogens with zero attached hydrogens (tertiary/aromatic N) is 1. The molecule has 22 heavy (non-hydrogen) atoms. The zero-order valence-electron chi connectivity index (χ0n) is 11.8. The van der Waals surface area contributed by atoms with Crippen molar-refractivity contribution in [3.05, 3.63) is 34.9 Å². The topological polar surface area (TPSA) is 66.5 Å². The summed E-state index contributed by atoms with van der Waals surface area (Å²) in [7, 11) is 0. The number of imide groups is 1. The van der Waals surface area contributed by atoms with E-state index >= 15 is 0 Å². The summed E-state index contributed by atoms with van der Waals surface area (Å²) in [6, 6.07) is 6.32. The minimum Gasteiger partial charge on any atom is -0.272 e. The maximum atomic E-state index is 12.5. The van der Waals surface area contributed by atoms with E-state index in [2.05, 4.69) is 5.43 Å². The van der Waals surface area contributed by atoms with Crippen LogP contribution in [0.15, 0.2) is 24.3 Å². The number of halogens is 1. The highest BCUT2D eigenvalue weighted by molar-refractivity contribution is 6.30. The fraction of sp³-hybridized carbons (Fsp3) is 0.438. The van der Waals surface area contributed by atoms with Crippen LogP contribution in [0.4, 0.5) is 0 Å². The molecule has 1 aromatic carbocycles. The first-order valence-electron chi connectivity index (χ1n) is 7.50. The van der Waals surface area contributed by atoms with Crippen LogP contribution in [0.5, 0.6) is 0 Å². The van der Waals surface area contributed by atoms with E-state index < -0.39 is 5.91 Å². The molecule has 6 heteroatoms. The molecule has 1 heterocycles. The lowest BCUT2D eigenvalue weighted by Crippen LogP contribution is -2.47. The number of nitrogens with one attached hydrogen (secondary N) is 1. The largest absolute Gasteiger partial charge is 0.272 e. The zero-order chi connectivity index (χ0) is 15.4. The van der Waals surface area contributed by atoms with E-state index in [4.69, 9.17) is 11.6 Å². The van der Waals surface area contributed by atoms with E-state index in [0.717, 1.165) is 24.3 Å². The standard InChI is InChI=1S/C16H15ClN2O3/c17-11-5-3-8(4-6-11)14(20)18-19-15(21)12-9-1-2-10(7-9)13(12)16(19)22/h3-6,9-10,12-13H,1-2,7H2,(H,18,20)/t9-,10-,12+,13+/m1/s1. The molecule has 0 radical (unpaired) electrons. The second-order valence-electron chi connectivity index (χ2n) is 6.34. The van der Waals surface area contributed by atoms with Crippen LogP contribution < -0.4 is 5.43 Å². The summed E-state index contributed by atoms with van der Waals surface area (Å²) >= 11 is 5.79. The van der Waals surface area contributed by atoms with Gasteiger partial charge in [-0.05, 0) is 55.4 Å². The molecule has 2 bridgehead atoms. The van der Waals surface area contributed by atoms with Crippen molar-refractivity contribution in [3.63, 3.8) is 0 Å². The number of hydrazine groups is 1. The minimum atomic E-state index is -0.467. The van der Waals surface area contributed by atoms with Gasteiger partial charge in [0, 0.05) is 10.6 Å². The fourth-order valence-corrected chi connectivity index (χ4v) is 4.41. The van der Waals surface area contributed by atoms with E-state index in [-0.39, 0.29) is 23.7 Å². The molecule has 114 valence electrons. The Hall–Kier alpha value is -1.88. The molecular weight excluding hydrogens is 304 g/mol. The first-order valence-corrected chi connectivity index (χ1v) is 7.88. The molecule has 1 aliphatic heterocycles. The van der Waals surface area contributed by atoms with Gasteiger partial charge >= 0.3 is 0 Å². The summed E-state index contributed by atoms with van der Waals surface area (Å²) in [6.45, 7) is 0. The average Bonchev–Trinajstić information content (AvgIpc) is 3.17. The van der Waals surface area contributed by atoms with Gasteiger partial charge < -0.3 is 0 Å². The Morgan fingerprint density at radius 1 is 1.05 bits per heavy atom. The van der Waals surface area contributed by atoms with Gasteiger partial charge in [0.1, 0.15) is 0 Å². The lowest BCUT2D eigenvalue weighted by molar-refractivity contribution is -0.143. The first kappa shape index (κ1) is 13.8. The van der Waals surface area contributed by atoms with Crippen molar-refractivity contribution in [1.82, 2.24) is 10.4 Å². The number of carbonyl (C=O) groups is 3. The summed E-state index contributed by atoms with van der Waals surface area (Å²) in [5.74, 6) is -0.791. The monoisotopic (exact) mass is 318 g/mol. The maximum Gasteiger partial charge on any atom is 0.270 e. The molecule has 2 saturated carbocycles. The first-order chi connectivity index (χ1) is 10.6. The Morgan fingerprint density at radius 2 is 1.59 bits per heavy atom. The van der Waals surface area contributed by atoms with Crippen LogP contribution in [0.3, 0.4) is 0 Å². The van der Waals surface area contributed by atoms with Gasteiger partial charge in [0.25, 0.3) is 17.7 Å². The summed E-state index contributed by atoms with van der Waals surface area (Å²) in [5, 5.41) is 1.47. The smallest absolute Gasteiger partial charge is 0.270 e. The molecule has 2 aliphatic carbocycles. The predicted molar refractivity (Wildman–Crippen MR) is 78.6 cm³/mol. The molecule has 3 amide bonds. The third-order valence-electron chi connectivity index (χ3n) is 5.25. The predicted octanol–water partition coefficient (Wildman–Crippen LogP) is 2.02. The molecule has 1 aromatic rings. The second kappa shape index (κ2) is 4.81. The maximum absolute atomic E-state index is 12.5. The zero-order valence-corrected chi connectivity index (χ0v) is 12.5. The Kier molecular flexibility index (Phi) is 3.01. The van der Waals surface area contributed by atoms with Gasteiger partial charge in [0.05, 0.1) is 11.8 Å². The summed E-state index contributed by atoms with van der Waals surface area (Å²) in [4.78, 5) is 37.2. The van der Waals surface area contributed by atoms with Crippen molar-refractivity contribution in [3.8, 4) is 0 Å². The summed E-state index contributed by atoms with van der Waals surface area (Å²) in [6.07, 6.45) is 3.01. The SMILES string of the molecule is O=C(NN1C(=O)[C@H]2[C@@H]3CC[C@H](C3)[C@@H]2C1=O)c1ccc(Cl)cc1. The molecule has 3 fully saturated rings. The van der Waals surface area contributed by atoms with Crippen molar-refractivity contribution in [2.45, 2.75) is 19.3 Å². The minimum absolute atomic E-state index is 0.225. The van der Waals surface area contributed by atoms with Crippen LogP contribution in [0.1, 0.15) is 29.6 Å². The third-order valence-corrected chi connectivity index (χ3v) is 5.50. The molecule has 4 rings (SSSR count). The fourth-order valence-electron chi connectivity index (χ4n) is 4.29. The number of amides is 3. The number of benzene rings is 1.